The largest absolute Gasteiger partial charge is 0.477 e. The van der Waals surface area contributed by atoms with Gasteiger partial charge in [0.15, 0.2) is 0 Å². The molecule has 0 unspecified atom stereocenters. The molecule has 18 heavy (non-hydrogen) atoms. The third-order valence-corrected chi connectivity index (χ3v) is 2.93. The molecule has 3 rings (SSSR count). The van der Waals surface area contributed by atoms with Crippen molar-refractivity contribution in [3.8, 4) is 0 Å². The SMILES string of the molecule is O=C(O)c1ccccn1.c1ccc2scnc2c1. The fraction of sp³-hybridized carbons (Fsp3) is 0. The molecule has 0 aliphatic heterocycles. The van der Waals surface area contributed by atoms with Gasteiger partial charge in [0.05, 0.1) is 15.7 Å². The zero-order valence-electron chi connectivity index (χ0n) is 9.35. The van der Waals surface area contributed by atoms with E-state index in [1.165, 1.54) is 17.0 Å². The Kier molecular flexibility index (Phi) is 3.98. The van der Waals surface area contributed by atoms with Gasteiger partial charge in [0.2, 0.25) is 0 Å². The predicted molar refractivity (Wildman–Crippen MR) is 70.8 cm³/mol. The van der Waals surface area contributed by atoms with Crippen molar-refractivity contribution in [1.82, 2.24) is 9.97 Å². The van der Waals surface area contributed by atoms with E-state index in [1.54, 1.807) is 23.5 Å². The van der Waals surface area contributed by atoms with E-state index in [0.29, 0.717) is 0 Å². The van der Waals surface area contributed by atoms with E-state index in [9.17, 15) is 4.79 Å². The first kappa shape index (κ1) is 12.2. The lowest BCUT2D eigenvalue weighted by atomic mass is 10.3. The summed E-state index contributed by atoms with van der Waals surface area (Å²) in [7, 11) is 0. The van der Waals surface area contributed by atoms with Crippen LogP contribution < -0.4 is 0 Å². The fourth-order valence-electron chi connectivity index (χ4n) is 1.29. The molecule has 3 aromatic rings. The molecule has 0 aliphatic carbocycles. The Morgan fingerprint density at radius 3 is 2.44 bits per heavy atom. The lowest BCUT2D eigenvalue weighted by molar-refractivity contribution is 0.0690. The topological polar surface area (TPSA) is 63.1 Å². The van der Waals surface area contributed by atoms with E-state index >= 15 is 0 Å². The number of nitrogens with zero attached hydrogens (tertiary/aromatic N) is 2. The number of pyridine rings is 1. The Morgan fingerprint density at radius 2 is 1.83 bits per heavy atom. The Labute approximate surface area is 108 Å². The number of aromatic carboxylic acids is 1. The minimum atomic E-state index is -0.990. The standard InChI is InChI=1S/C7H5NS.C6H5NO2/c1-2-4-7-6(3-1)8-5-9-7;8-6(9)5-3-1-2-4-7-5/h1-5H;1-4H,(H,8,9). The van der Waals surface area contributed by atoms with Gasteiger partial charge in [-0.1, -0.05) is 18.2 Å². The number of hydrogen-bond donors (Lipinski definition) is 1. The van der Waals surface area contributed by atoms with Crippen molar-refractivity contribution in [2.45, 2.75) is 0 Å². The minimum Gasteiger partial charge on any atom is -0.477 e. The van der Waals surface area contributed by atoms with Crippen LogP contribution in [0.15, 0.2) is 54.2 Å². The molecule has 0 aliphatic rings. The van der Waals surface area contributed by atoms with Crippen LogP contribution in [0.1, 0.15) is 10.5 Å². The summed E-state index contributed by atoms with van der Waals surface area (Å²) in [4.78, 5) is 17.9. The van der Waals surface area contributed by atoms with Gasteiger partial charge in [0.25, 0.3) is 0 Å². The second kappa shape index (κ2) is 5.88. The maximum absolute atomic E-state index is 10.1. The summed E-state index contributed by atoms with van der Waals surface area (Å²) in [6, 6.07) is 12.9. The smallest absolute Gasteiger partial charge is 0.354 e. The molecule has 4 nitrogen and oxygen atoms in total. The average molecular weight is 258 g/mol. The summed E-state index contributed by atoms with van der Waals surface area (Å²) in [5, 5.41) is 8.32. The van der Waals surface area contributed by atoms with E-state index in [1.807, 2.05) is 23.7 Å². The number of rotatable bonds is 1. The highest BCUT2D eigenvalue weighted by atomic mass is 32.1. The van der Waals surface area contributed by atoms with Gasteiger partial charge in [-0.2, -0.15) is 0 Å². The van der Waals surface area contributed by atoms with Crippen LogP contribution >= 0.6 is 11.3 Å². The van der Waals surface area contributed by atoms with Gasteiger partial charge in [0.1, 0.15) is 5.69 Å². The first-order valence-corrected chi connectivity index (χ1v) is 6.08. The number of hydrogen-bond acceptors (Lipinski definition) is 4. The van der Waals surface area contributed by atoms with Crippen molar-refractivity contribution in [2.75, 3.05) is 0 Å². The third-order valence-electron chi connectivity index (χ3n) is 2.12. The van der Waals surface area contributed by atoms with Crippen LogP contribution in [-0.4, -0.2) is 21.0 Å². The molecule has 2 aromatic heterocycles. The average Bonchev–Trinajstić information content (AvgIpc) is 2.89. The minimum absolute atomic E-state index is 0.0810. The summed E-state index contributed by atoms with van der Waals surface area (Å²) in [5.41, 5.74) is 3.05. The van der Waals surface area contributed by atoms with Gasteiger partial charge >= 0.3 is 5.97 Å². The molecular weight excluding hydrogens is 248 g/mol. The molecule has 0 saturated heterocycles. The Hall–Kier alpha value is -2.27. The van der Waals surface area contributed by atoms with Crippen LogP contribution in [0.4, 0.5) is 0 Å². The molecule has 2 heterocycles. The second-order valence-corrected chi connectivity index (χ2v) is 4.23. The van der Waals surface area contributed by atoms with E-state index in [0.717, 1.165) is 5.52 Å². The number of aromatic nitrogens is 2. The second-order valence-electron chi connectivity index (χ2n) is 3.34. The Bertz CT molecular complexity index is 607. The Balaban J connectivity index is 0.000000134. The van der Waals surface area contributed by atoms with E-state index in [2.05, 4.69) is 16.0 Å². The molecule has 5 heteroatoms. The normalized spacial score (nSPS) is 9.56. The van der Waals surface area contributed by atoms with Crippen LogP contribution in [0.3, 0.4) is 0 Å². The van der Waals surface area contributed by atoms with E-state index in [4.69, 9.17) is 5.11 Å². The summed E-state index contributed by atoms with van der Waals surface area (Å²) >= 11 is 1.68. The van der Waals surface area contributed by atoms with Crippen LogP contribution in [-0.2, 0) is 0 Å². The highest BCUT2D eigenvalue weighted by Gasteiger charge is 1.98. The van der Waals surface area contributed by atoms with Gasteiger partial charge in [-0.15, -0.1) is 11.3 Å². The van der Waals surface area contributed by atoms with Crippen molar-refractivity contribution >= 4 is 27.5 Å². The molecule has 1 aromatic carbocycles. The maximum Gasteiger partial charge on any atom is 0.354 e. The first-order valence-electron chi connectivity index (χ1n) is 5.20. The highest BCUT2D eigenvalue weighted by Crippen LogP contribution is 2.15. The van der Waals surface area contributed by atoms with Crippen LogP contribution in [0, 0.1) is 0 Å². The van der Waals surface area contributed by atoms with Gasteiger partial charge in [0, 0.05) is 6.20 Å². The summed E-state index contributed by atoms with van der Waals surface area (Å²) in [5.74, 6) is -0.990. The molecule has 0 radical (unpaired) electrons. The fourth-order valence-corrected chi connectivity index (χ4v) is 1.97. The molecular formula is C13H10N2O2S. The van der Waals surface area contributed by atoms with Gasteiger partial charge < -0.3 is 5.11 Å². The van der Waals surface area contributed by atoms with Crippen LogP contribution in [0.25, 0.3) is 10.2 Å². The third kappa shape index (κ3) is 3.11. The maximum atomic E-state index is 10.1. The van der Waals surface area contributed by atoms with E-state index in [-0.39, 0.29) is 5.69 Å². The monoisotopic (exact) mass is 258 g/mol. The number of carboxylic acid groups (broad SMARTS) is 1. The molecule has 90 valence electrons. The van der Waals surface area contributed by atoms with E-state index < -0.39 is 5.97 Å². The number of benzene rings is 1. The summed E-state index contributed by atoms with van der Waals surface area (Å²) in [6.07, 6.45) is 1.45. The number of fused-ring (bicyclic) bond motifs is 1. The van der Waals surface area contributed by atoms with Crippen LogP contribution in [0.2, 0.25) is 0 Å². The lowest BCUT2D eigenvalue weighted by Gasteiger charge is -1.87. The zero-order chi connectivity index (χ0) is 12.8. The summed E-state index contributed by atoms with van der Waals surface area (Å²) in [6.45, 7) is 0. The predicted octanol–water partition coefficient (Wildman–Crippen LogP) is 3.08. The Morgan fingerprint density at radius 1 is 1.06 bits per heavy atom. The molecule has 0 fully saturated rings. The van der Waals surface area contributed by atoms with Crippen molar-refractivity contribution in [3.63, 3.8) is 0 Å². The molecule has 0 saturated carbocycles. The first-order chi connectivity index (χ1) is 8.77. The van der Waals surface area contributed by atoms with Crippen LogP contribution in [0.5, 0.6) is 0 Å². The van der Waals surface area contributed by atoms with Gasteiger partial charge in [-0.05, 0) is 24.3 Å². The highest BCUT2D eigenvalue weighted by molar-refractivity contribution is 7.16. The molecule has 0 bridgehead atoms. The van der Waals surface area contributed by atoms with Crippen molar-refractivity contribution in [2.24, 2.45) is 0 Å². The molecule has 0 spiro atoms. The van der Waals surface area contributed by atoms with Gasteiger partial charge in [-0.25, -0.2) is 14.8 Å². The number of carboxylic acids is 1. The number of para-hydroxylation sites is 1. The number of thiazole rings is 1. The quantitative estimate of drug-likeness (QED) is 0.728. The summed E-state index contributed by atoms with van der Waals surface area (Å²) < 4.78 is 1.26. The van der Waals surface area contributed by atoms with Gasteiger partial charge in [-0.3, -0.25) is 0 Å². The lowest BCUT2D eigenvalue weighted by Crippen LogP contribution is -1.97. The van der Waals surface area contributed by atoms with Crippen molar-refractivity contribution < 1.29 is 9.90 Å². The number of carbonyl (C=O) groups is 1. The molecule has 1 N–H and O–H groups in total. The molecule has 0 amide bonds. The van der Waals surface area contributed by atoms with Crippen molar-refractivity contribution in [1.29, 1.82) is 0 Å². The van der Waals surface area contributed by atoms with Crippen molar-refractivity contribution in [3.05, 3.63) is 59.9 Å². The zero-order valence-corrected chi connectivity index (χ0v) is 10.2. The molecule has 0 atom stereocenters.